The zero-order valence-electron chi connectivity index (χ0n) is 11.9. The van der Waals surface area contributed by atoms with Gasteiger partial charge in [0.25, 0.3) is 0 Å². The Hall–Kier alpha value is -1.42. The van der Waals surface area contributed by atoms with Crippen LogP contribution < -0.4 is 15.4 Å². The van der Waals surface area contributed by atoms with Crippen molar-refractivity contribution in [3.63, 3.8) is 0 Å². The summed E-state index contributed by atoms with van der Waals surface area (Å²) in [6.45, 7) is 6.32. The first kappa shape index (κ1) is 14.0. The van der Waals surface area contributed by atoms with Gasteiger partial charge in [-0.2, -0.15) is 0 Å². The molecule has 4 nitrogen and oxygen atoms in total. The van der Waals surface area contributed by atoms with Crippen LogP contribution in [0.3, 0.4) is 0 Å². The monoisotopic (exact) mass is 264 g/mol. The van der Waals surface area contributed by atoms with E-state index in [1.807, 2.05) is 32.0 Å². The number of anilines is 2. The molecule has 1 unspecified atom stereocenters. The molecule has 0 aromatic heterocycles. The number of benzene rings is 1. The van der Waals surface area contributed by atoms with Crippen LogP contribution in [0, 0.1) is 0 Å². The third-order valence-electron chi connectivity index (χ3n) is 3.73. The van der Waals surface area contributed by atoms with Crippen LogP contribution in [0.2, 0.25) is 0 Å². The second kappa shape index (κ2) is 5.70. The van der Waals surface area contributed by atoms with Crippen LogP contribution >= 0.6 is 0 Å². The predicted octanol–water partition coefficient (Wildman–Crippen LogP) is 2.41. The summed E-state index contributed by atoms with van der Waals surface area (Å²) in [6.07, 6.45) is 2.65. The minimum atomic E-state index is -0.536. The summed E-state index contributed by atoms with van der Waals surface area (Å²) >= 11 is 0. The van der Waals surface area contributed by atoms with E-state index in [9.17, 15) is 5.11 Å². The molecule has 1 atom stereocenters. The van der Waals surface area contributed by atoms with Crippen molar-refractivity contribution in [1.29, 1.82) is 0 Å². The van der Waals surface area contributed by atoms with Crippen molar-refractivity contribution in [1.82, 2.24) is 0 Å². The Balaban J connectivity index is 2.15. The molecule has 3 N–H and O–H groups in total. The Kier molecular flexibility index (Phi) is 4.20. The summed E-state index contributed by atoms with van der Waals surface area (Å²) in [5, 5.41) is 10.1. The SMILES string of the molecule is CCOc1cc(N2CCCC(C)(O)CC2)ccc1N. The van der Waals surface area contributed by atoms with Gasteiger partial charge in [0, 0.05) is 24.8 Å². The van der Waals surface area contributed by atoms with E-state index in [0.29, 0.717) is 12.3 Å². The third-order valence-corrected chi connectivity index (χ3v) is 3.73. The number of rotatable bonds is 3. The highest BCUT2D eigenvalue weighted by molar-refractivity contribution is 5.62. The molecule has 0 radical (unpaired) electrons. The Morgan fingerprint density at radius 2 is 2.16 bits per heavy atom. The second-order valence-electron chi connectivity index (χ2n) is 5.49. The summed E-state index contributed by atoms with van der Waals surface area (Å²) in [7, 11) is 0. The van der Waals surface area contributed by atoms with Gasteiger partial charge in [0.05, 0.1) is 17.9 Å². The molecular weight excluding hydrogens is 240 g/mol. The van der Waals surface area contributed by atoms with E-state index >= 15 is 0 Å². The standard InChI is InChI=1S/C15H24N2O2/c1-3-19-14-11-12(5-6-13(14)16)17-9-4-7-15(2,18)8-10-17/h5-6,11,18H,3-4,7-10,16H2,1-2H3. The molecule has 1 saturated heterocycles. The summed E-state index contributed by atoms with van der Waals surface area (Å²) in [5.74, 6) is 0.746. The van der Waals surface area contributed by atoms with E-state index < -0.39 is 5.60 Å². The van der Waals surface area contributed by atoms with Crippen molar-refractivity contribution in [2.24, 2.45) is 0 Å². The topological polar surface area (TPSA) is 58.7 Å². The fourth-order valence-electron chi connectivity index (χ4n) is 2.52. The molecule has 0 bridgehead atoms. The van der Waals surface area contributed by atoms with Crippen LogP contribution in [0.5, 0.6) is 5.75 Å². The predicted molar refractivity (Wildman–Crippen MR) is 78.7 cm³/mol. The molecule has 1 aromatic rings. The van der Waals surface area contributed by atoms with Gasteiger partial charge in [-0.05, 0) is 45.2 Å². The second-order valence-corrected chi connectivity index (χ2v) is 5.49. The maximum atomic E-state index is 10.1. The molecule has 1 heterocycles. The Morgan fingerprint density at radius 3 is 2.89 bits per heavy atom. The van der Waals surface area contributed by atoms with E-state index in [4.69, 9.17) is 10.5 Å². The number of nitrogens with zero attached hydrogens (tertiary/aromatic N) is 1. The average Bonchev–Trinajstić information content (AvgIpc) is 2.53. The van der Waals surface area contributed by atoms with Crippen molar-refractivity contribution in [3.8, 4) is 5.75 Å². The Labute approximate surface area is 115 Å². The molecule has 0 amide bonds. The smallest absolute Gasteiger partial charge is 0.144 e. The van der Waals surface area contributed by atoms with Crippen LogP contribution in [-0.4, -0.2) is 30.4 Å². The summed E-state index contributed by atoms with van der Waals surface area (Å²) in [5.41, 5.74) is 7.15. The number of hydrogen-bond donors (Lipinski definition) is 2. The number of aliphatic hydroxyl groups is 1. The molecule has 0 saturated carbocycles. The van der Waals surface area contributed by atoms with E-state index in [2.05, 4.69) is 4.90 Å². The lowest BCUT2D eigenvalue weighted by Crippen LogP contribution is -2.28. The Morgan fingerprint density at radius 1 is 1.37 bits per heavy atom. The number of ether oxygens (including phenoxy) is 1. The Bertz CT molecular complexity index is 432. The lowest BCUT2D eigenvalue weighted by atomic mass is 9.98. The van der Waals surface area contributed by atoms with Gasteiger partial charge in [-0.25, -0.2) is 0 Å². The first-order chi connectivity index (χ1) is 9.02. The highest BCUT2D eigenvalue weighted by Gasteiger charge is 2.25. The number of nitrogen functional groups attached to an aromatic ring is 1. The third kappa shape index (κ3) is 3.53. The zero-order valence-corrected chi connectivity index (χ0v) is 11.9. The molecular formula is C15H24N2O2. The fraction of sp³-hybridized carbons (Fsp3) is 0.600. The lowest BCUT2D eigenvalue weighted by molar-refractivity contribution is 0.0481. The highest BCUT2D eigenvalue weighted by Crippen LogP contribution is 2.30. The van der Waals surface area contributed by atoms with E-state index in [1.165, 1.54) is 0 Å². The lowest BCUT2D eigenvalue weighted by Gasteiger charge is -2.25. The van der Waals surface area contributed by atoms with Crippen LogP contribution in [0.15, 0.2) is 18.2 Å². The highest BCUT2D eigenvalue weighted by atomic mass is 16.5. The first-order valence-electron chi connectivity index (χ1n) is 7.01. The van der Waals surface area contributed by atoms with Crippen molar-refractivity contribution >= 4 is 11.4 Å². The molecule has 106 valence electrons. The first-order valence-corrected chi connectivity index (χ1v) is 7.01. The van der Waals surface area contributed by atoms with Crippen LogP contribution in [0.25, 0.3) is 0 Å². The maximum Gasteiger partial charge on any atom is 0.144 e. The fourth-order valence-corrected chi connectivity index (χ4v) is 2.52. The van der Waals surface area contributed by atoms with Crippen molar-refractivity contribution in [3.05, 3.63) is 18.2 Å². The quantitative estimate of drug-likeness (QED) is 0.823. The molecule has 2 rings (SSSR count). The van der Waals surface area contributed by atoms with Gasteiger partial charge >= 0.3 is 0 Å². The number of nitrogens with two attached hydrogens (primary N) is 1. The van der Waals surface area contributed by atoms with E-state index in [0.717, 1.165) is 43.8 Å². The van der Waals surface area contributed by atoms with Crippen LogP contribution in [0.4, 0.5) is 11.4 Å². The maximum absolute atomic E-state index is 10.1. The molecule has 4 heteroatoms. The molecule has 0 spiro atoms. The molecule has 0 aliphatic carbocycles. The summed E-state index contributed by atoms with van der Waals surface area (Å²) in [6, 6.07) is 5.92. The molecule has 1 aromatic carbocycles. The number of hydrogen-bond acceptors (Lipinski definition) is 4. The minimum Gasteiger partial charge on any atom is -0.492 e. The normalized spacial score (nSPS) is 24.1. The van der Waals surface area contributed by atoms with Gasteiger partial charge in [0.2, 0.25) is 0 Å². The van der Waals surface area contributed by atoms with E-state index in [1.54, 1.807) is 0 Å². The van der Waals surface area contributed by atoms with Crippen molar-refractivity contribution < 1.29 is 9.84 Å². The molecule has 19 heavy (non-hydrogen) atoms. The van der Waals surface area contributed by atoms with Gasteiger partial charge in [-0.1, -0.05) is 0 Å². The molecule has 1 aliphatic rings. The average molecular weight is 264 g/mol. The van der Waals surface area contributed by atoms with Crippen molar-refractivity contribution in [2.45, 2.75) is 38.7 Å². The summed E-state index contributed by atoms with van der Waals surface area (Å²) < 4.78 is 5.54. The van der Waals surface area contributed by atoms with Gasteiger partial charge in [-0.3, -0.25) is 0 Å². The van der Waals surface area contributed by atoms with Crippen LogP contribution in [-0.2, 0) is 0 Å². The van der Waals surface area contributed by atoms with Gasteiger partial charge in [-0.15, -0.1) is 0 Å². The van der Waals surface area contributed by atoms with Gasteiger partial charge in [0.15, 0.2) is 0 Å². The van der Waals surface area contributed by atoms with Gasteiger partial charge in [0.1, 0.15) is 5.75 Å². The zero-order chi connectivity index (χ0) is 13.9. The molecule has 1 aliphatic heterocycles. The van der Waals surface area contributed by atoms with Crippen LogP contribution in [0.1, 0.15) is 33.1 Å². The molecule has 1 fully saturated rings. The summed E-state index contributed by atoms with van der Waals surface area (Å²) in [4.78, 5) is 2.30. The largest absolute Gasteiger partial charge is 0.492 e. The van der Waals surface area contributed by atoms with E-state index in [-0.39, 0.29) is 0 Å². The minimum absolute atomic E-state index is 0.536. The van der Waals surface area contributed by atoms with Gasteiger partial charge < -0.3 is 20.5 Å². The van der Waals surface area contributed by atoms with Crippen molar-refractivity contribution in [2.75, 3.05) is 30.3 Å².